The molecule has 0 aliphatic carbocycles. The lowest BCUT2D eigenvalue weighted by atomic mass is 9.96. The number of benzene rings is 1. The molecule has 1 atom stereocenters. The van der Waals surface area contributed by atoms with E-state index < -0.39 is 5.60 Å². The number of rotatable bonds is 6. The summed E-state index contributed by atoms with van der Waals surface area (Å²) in [5.74, 6) is 1.55. The lowest BCUT2D eigenvalue weighted by molar-refractivity contribution is -0.117. The van der Waals surface area contributed by atoms with Gasteiger partial charge in [-0.2, -0.15) is 0 Å². The number of halogens is 1. The third kappa shape index (κ3) is 5.95. The summed E-state index contributed by atoms with van der Waals surface area (Å²) in [4.78, 5) is 14.2. The summed E-state index contributed by atoms with van der Waals surface area (Å²) in [5.41, 5.74) is -0.920. The Hall–Kier alpha value is -2.09. The molecule has 1 aliphatic heterocycles. The van der Waals surface area contributed by atoms with Crippen LogP contribution in [0.15, 0.2) is 34.9 Å². The number of nitrogens with zero attached hydrogens (tertiary/aromatic N) is 2. The van der Waals surface area contributed by atoms with Crippen molar-refractivity contribution in [1.29, 1.82) is 0 Å². The molecule has 1 aromatic carbocycles. The number of carbonyl (C=O) groups is 1. The van der Waals surface area contributed by atoms with E-state index in [1.54, 1.807) is 25.1 Å². The quantitative estimate of drug-likeness (QED) is 0.784. The van der Waals surface area contributed by atoms with Gasteiger partial charge in [-0.1, -0.05) is 22.8 Å². The van der Waals surface area contributed by atoms with Crippen LogP contribution in [-0.4, -0.2) is 52.9 Å². The Labute approximate surface area is 163 Å². The van der Waals surface area contributed by atoms with Gasteiger partial charge in [0.2, 0.25) is 5.91 Å². The van der Waals surface area contributed by atoms with Crippen LogP contribution in [0.5, 0.6) is 5.75 Å². The number of aliphatic hydroxyl groups is 1. The molecule has 1 saturated heterocycles. The highest BCUT2D eigenvalue weighted by Gasteiger charge is 2.31. The van der Waals surface area contributed by atoms with Crippen molar-refractivity contribution in [3.63, 3.8) is 0 Å². The molecule has 0 radical (unpaired) electrons. The minimum absolute atomic E-state index is 0.149. The number of aromatic nitrogens is 1. The van der Waals surface area contributed by atoms with E-state index in [4.69, 9.17) is 20.9 Å². The van der Waals surface area contributed by atoms with E-state index in [1.165, 1.54) is 0 Å². The van der Waals surface area contributed by atoms with Crippen molar-refractivity contribution < 1.29 is 19.2 Å². The second-order valence-electron chi connectivity index (χ2n) is 6.97. The summed E-state index contributed by atoms with van der Waals surface area (Å²) in [6.07, 6.45) is 1.93. The first-order valence-corrected chi connectivity index (χ1v) is 9.36. The molecule has 1 aliphatic rings. The summed E-state index contributed by atoms with van der Waals surface area (Å²) in [5, 5.41) is 17.9. The summed E-state index contributed by atoms with van der Waals surface area (Å²) >= 11 is 5.96. The molecule has 3 rings (SSSR count). The maximum absolute atomic E-state index is 12.2. The van der Waals surface area contributed by atoms with E-state index in [2.05, 4.69) is 10.5 Å². The average Bonchev–Trinajstić information content (AvgIpc) is 2.93. The van der Waals surface area contributed by atoms with Crippen molar-refractivity contribution in [2.45, 2.75) is 31.8 Å². The Bertz CT molecular complexity index is 782. The number of hydrogen-bond donors (Lipinski definition) is 2. The van der Waals surface area contributed by atoms with Gasteiger partial charge in [0.05, 0.1) is 12.1 Å². The van der Waals surface area contributed by atoms with E-state index in [-0.39, 0.29) is 19.1 Å². The van der Waals surface area contributed by atoms with Crippen LogP contribution in [-0.2, 0) is 4.79 Å². The van der Waals surface area contributed by atoms with E-state index in [0.717, 1.165) is 13.0 Å². The number of likely N-dealkylation sites (tertiary alicyclic amines) is 1. The molecule has 0 bridgehead atoms. The molecule has 27 heavy (non-hydrogen) atoms. The van der Waals surface area contributed by atoms with Crippen LogP contribution in [0.25, 0.3) is 0 Å². The summed E-state index contributed by atoms with van der Waals surface area (Å²) < 4.78 is 10.7. The van der Waals surface area contributed by atoms with E-state index in [0.29, 0.717) is 41.7 Å². The SMILES string of the molecule is Cc1cc(NC(=O)CN2CCCC(O)(COc3cccc(Cl)c3)CC2)no1. The largest absolute Gasteiger partial charge is 0.491 e. The van der Waals surface area contributed by atoms with E-state index in [1.807, 2.05) is 17.0 Å². The van der Waals surface area contributed by atoms with Crippen molar-refractivity contribution >= 4 is 23.3 Å². The van der Waals surface area contributed by atoms with Gasteiger partial charge in [0.1, 0.15) is 18.1 Å². The zero-order valence-electron chi connectivity index (χ0n) is 15.3. The number of aryl methyl sites for hydroxylation is 1. The van der Waals surface area contributed by atoms with Crippen LogP contribution in [0.2, 0.25) is 5.02 Å². The minimum atomic E-state index is -0.920. The summed E-state index contributed by atoms with van der Waals surface area (Å²) in [7, 11) is 0. The van der Waals surface area contributed by atoms with Gasteiger partial charge in [-0.15, -0.1) is 0 Å². The molecular formula is C19H24ClN3O4. The minimum Gasteiger partial charge on any atom is -0.491 e. The Morgan fingerprint density at radius 3 is 3.00 bits per heavy atom. The zero-order chi connectivity index (χ0) is 19.3. The maximum Gasteiger partial charge on any atom is 0.239 e. The van der Waals surface area contributed by atoms with Crippen molar-refractivity contribution in [3.8, 4) is 5.75 Å². The highest BCUT2D eigenvalue weighted by molar-refractivity contribution is 6.30. The molecular weight excluding hydrogens is 370 g/mol. The zero-order valence-corrected chi connectivity index (χ0v) is 16.0. The number of carbonyl (C=O) groups excluding carboxylic acids is 1. The van der Waals surface area contributed by atoms with Crippen molar-refractivity contribution in [2.75, 3.05) is 31.6 Å². The normalized spacial score (nSPS) is 20.9. The lowest BCUT2D eigenvalue weighted by Gasteiger charge is -2.27. The van der Waals surface area contributed by atoms with Gasteiger partial charge in [-0.05, 0) is 50.9 Å². The third-order valence-corrected chi connectivity index (χ3v) is 4.81. The van der Waals surface area contributed by atoms with Crippen molar-refractivity contribution in [3.05, 3.63) is 41.1 Å². The monoisotopic (exact) mass is 393 g/mol. The van der Waals surface area contributed by atoms with Gasteiger partial charge in [-0.25, -0.2) is 0 Å². The smallest absolute Gasteiger partial charge is 0.239 e. The molecule has 7 nitrogen and oxygen atoms in total. The molecule has 0 saturated carbocycles. The average molecular weight is 394 g/mol. The lowest BCUT2D eigenvalue weighted by Crippen LogP contribution is -2.38. The van der Waals surface area contributed by atoms with Crippen LogP contribution in [0.1, 0.15) is 25.0 Å². The number of nitrogens with one attached hydrogen (secondary N) is 1. The van der Waals surface area contributed by atoms with Crippen LogP contribution >= 0.6 is 11.6 Å². The highest BCUT2D eigenvalue weighted by Crippen LogP contribution is 2.25. The third-order valence-electron chi connectivity index (χ3n) is 4.58. The van der Waals surface area contributed by atoms with Crippen molar-refractivity contribution in [2.24, 2.45) is 0 Å². The predicted octanol–water partition coefficient (Wildman–Crippen LogP) is 2.87. The van der Waals surface area contributed by atoms with Gasteiger partial charge in [0.25, 0.3) is 0 Å². The first-order chi connectivity index (χ1) is 12.9. The second kappa shape index (κ2) is 8.73. The van der Waals surface area contributed by atoms with Gasteiger partial charge >= 0.3 is 0 Å². The van der Waals surface area contributed by atoms with E-state index in [9.17, 15) is 9.90 Å². The van der Waals surface area contributed by atoms with Crippen LogP contribution in [0, 0.1) is 6.92 Å². The molecule has 1 amide bonds. The molecule has 0 spiro atoms. The maximum atomic E-state index is 12.2. The first-order valence-electron chi connectivity index (χ1n) is 8.98. The van der Waals surface area contributed by atoms with Crippen molar-refractivity contribution in [1.82, 2.24) is 10.1 Å². The summed E-state index contributed by atoms with van der Waals surface area (Å²) in [6.45, 7) is 3.57. The number of hydrogen-bond acceptors (Lipinski definition) is 6. The van der Waals surface area contributed by atoms with Gasteiger partial charge < -0.3 is 19.7 Å². The molecule has 2 heterocycles. The molecule has 1 aromatic heterocycles. The number of anilines is 1. The molecule has 8 heteroatoms. The van der Waals surface area contributed by atoms with Crippen LogP contribution in [0.3, 0.4) is 0 Å². The fraction of sp³-hybridized carbons (Fsp3) is 0.474. The van der Waals surface area contributed by atoms with Gasteiger partial charge in [-0.3, -0.25) is 9.69 Å². The Kier molecular flexibility index (Phi) is 6.36. The predicted molar refractivity (Wildman–Crippen MR) is 102 cm³/mol. The fourth-order valence-electron chi connectivity index (χ4n) is 3.12. The highest BCUT2D eigenvalue weighted by atomic mass is 35.5. The van der Waals surface area contributed by atoms with Crippen LogP contribution < -0.4 is 10.1 Å². The molecule has 2 aromatic rings. The number of amides is 1. The van der Waals surface area contributed by atoms with Gasteiger partial charge in [0, 0.05) is 17.6 Å². The molecule has 2 N–H and O–H groups in total. The Balaban J connectivity index is 1.48. The Morgan fingerprint density at radius 2 is 2.26 bits per heavy atom. The molecule has 146 valence electrons. The summed E-state index contributed by atoms with van der Waals surface area (Å²) in [6, 6.07) is 8.80. The van der Waals surface area contributed by atoms with Gasteiger partial charge in [0.15, 0.2) is 5.82 Å². The topological polar surface area (TPSA) is 87.8 Å². The molecule has 1 fully saturated rings. The van der Waals surface area contributed by atoms with E-state index >= 15 is 0 Å². The van der Waals surface area contributed by atoms with Crippen LogP contribution in [0.4, 0.5) is 5.82 Å². The second-order valence-corrected chi connectivity index (χ2v) is 7.41. The Morgan fingerprint density at radius 1 is 1.41 bits per heavy atom. The number of ether oxygens (including phenoxy) is 1. The fourth-order valence-corrected chi connectivity index (χ4v) is 3.30. The molecule has 1 unspecified atom stereocenters. The first kappa shape index (κ1) is 19.7. The standard InChI is InChI=1S/C19H24ClN3O4/c1-14-10-17(22-27-14)21-18(24)12-23-8-3-6-19(25,7-9-23)13-26-16-5-2-4-15(20)11-16/h2,4-5,10-11,25H,3,6-9,12-13H2,1H3,(H,21,22,24).